The fourth-order valence-electron chi connectivity index (χ4n) is 3.02. The molecule has 1 atom stereocenters. The first-order valence-electron chi connectivity index (χ1n) is 10.3. The number of pyridine rings is 1. The van der Waals surface area contributed by atoms with Crippen molar-refractivity contribution >= 4 is 23.4 Å². The van der Waals surface area contributed by atoms with E-state index >= 15 is 0 Å². The van der Waals surface area contributed by atoms with Gasteiger partial charge in [0.05, 0.1) is 17.9 Å². The quantitative estimate of drug-likeness (QED) is 0.638. The molecule has 0 bridgehead atoms. The van der Waals surface area contributed by atoms with E-state index in [0.717, 1.165) is 0 Å². The monoisotopic (exact) mass is 468 g/mol. The average Bonchev–Trinajstić information content (AvgIpc) is 2.71. The van der Waals surface area contributed by atoms with Gasteiger partial charge in [-0.2, -0.15) is 18.2 Å². The molecule has 12 heteroatoms. The van der Waals surface area contributed by atoms with Gasteiger partial charge < -0.3 is 25.0 Å². The highest BCUT2D eigenvalue weighted by molar-refractivity contribution is 6.03. The lowest BCUT2D eigenvalue weighted by atomic mass is 10.1. The van der Waals surface area contributed by atoms with E-state index in [2.05, 4.69) is 30.3 Å². The van der Waals surface area contributed by atoms with E-state index in [1.54, 1.807) is 24.9 Å². The molecule has 0 aromatic carbocycles. The number of nitrogens with one attached hydrogen (secondary N) is 2. The number of likely N-dealkylation sites (N-methyl/N-ethyl adjacent to an activating group) is 1. The molecule has 0 unspecified atom stereocenters. The Balaban J connectivity index is 1.68. The first-order chi connectivity index (χ1) is 15.3. The molecule has 3 rings (SSSR count). The summed E-state index contributed by atoms with van der Waals surface area (Å²) in [6.45, 7) is 6.61. The molecule has 3 heterocycles. The summed E-state index contributed by atoms with van der Waals surface area (Å²) < 4.78 is 47.1. The highest BCUT2D eigenvalue weighted by Crippen LogP contribution is 2.32. The number of aryl methyl sites for hydroxylation is 1. The third kappa shape index (κ3) is 6.67. The van der Waals surface area contributed by atoms with E-state index in [0.29, 0.717) is 28.7 Å². The molecule has 0 radical (unpaired) electrons. The highest BCUT2D eigenvalue weighted by atomic mass is 19.4. The lowest BCUT2D eigenvalue weighted by molar-refractivity contribution is -0.154. The van der Waals surface area contributed by atoms with Crippen LogP contribution in [0.2, 0.25) is 0 Å². The van der Waals surface area contributed by atoms with Crippen molar-refractivity contribution in [3.05, 3.63) is 29.6 Å². The van der Waals surface area contributed by atoms with Crippen LogP contribution in [0.1, 0.15) is 32.0 Å². The van der Waals surface area contributed by atoms with Crippen LogP contribution in [0, 0.1) is 6.92 Å². The van der Waals surface area contributed by atoms with Crippen LogP contribution in [0.5, 0.6) is 5.88 Å². The topological polar surface area (TPSA) is 102 Å². The minimum absolute atomic E-state index is 0.113. The molecule has 180 valence electrons. The summed E-state index contributed by atoms with van der Waals surface area (Å²) in [6, 6.07) is 2.42. The van der Waals surface area contributed by atoms with Crippen LogP contribution < -0.4 is 20.3 Å². The van der Waals surface area contributed by atoms with Crippen molar-refractivity contribution in [2.24, 2.45) is 0 Å². The molecular formula is C21H27F3N6O3. The fourth-order valence-corrected chi connectivity index (χ4v) is 3.02. The van der Waals surface area contributed by atoms with Crippen LogP contribution in [-0.4, -0.2) is 58.9 Å². The molecule has 1 aliphatic heterocycles. The second kappa shape index (κ2) is 9.38. The minimum Gasteiger partial charge on any atom is -0.468 e. The molecule has 2 N–H and O–H groups in total. The number of halogens is 3. The van der Waals surface area contributed by atoms with Gasteiger partial charge in [-0.15, -0.1) is 0 Å². The predicted molar refractivity (Wildman–Crippen MR) is 116 cm³/mol. The van der Waals surface area contributed by atoms with Crippen molar-refractivity contribution in [2.45, 2.75) is 52.1 Å². The number of aromatic nitrogens is 3. The van der Waals surface area contributed by atoms with Crippen LogP contribution in [0.15, 0.2) is 18.3 Å². The molecule has 0 fully saturated rings. The van der Waals surface area contributed by atoms with Gasteiger partial charge in [-0.3, -0.25) is 4.79 Å². The summed E-state index contributed by atoms with van der Waals surface area (Å²) in [6.07, 6.45) is -3.01. The normalized spacial score (nSPS) is 16.3. The lowest BCUT2D eigenvalue weighted by Gasteiger charge is -2.36. The molecule has 1 amide bonds. The lowest BCUT2D eigenvalue weighted by Crippen LogP contribution is -2.50. The van der Waals surface area contributed by atoms with Gasteiger partial charge >= 0.3 is 6.18 Å². The van der Waals surface area contributed by atoms with E-state index in [1.807, 2.05) is 20.8 Å². The van der Waals surface area contributed by atoms with Crippen LogP contribution in [0.25, 0.3) is 0 Å². The summed E-state index contributed by atoms with van der Waals surface area (Å²) in [5, 5.41) is 5.93. The van der Waals surface area contributed by atoms with Gasteiger partial charge in [0.1, 0.15) is 11.7 Å². The molecule has 9 nitrogen and oxygen atoms in total. The van der Waals surface area contributed by atoms with Gasteiger partial charge in [0.15, 0.2) is 12.4 Å². The third-order valence-corrected chi connectivity index (χ3v) is 4.73. The Morgan fingerprint density at radius 1 is 1.21 bits per heavy atom. The van der Waals surface area contributed by atoms with E-state index in [1.165, 1.54) is 12.3 Å². The van der Waals surface area contributed by atoms with E-state index in [4.69, 9.17) is 4.74 Å². The zero-order chi connectivity index (χ0) is 24.4. The van der Waals surface area contributed by atoms with Crippen molar-refractivity contribution < 1.29 is 27.4 Å². The fraction of sp³-hybridized carbons (Fsp3) is 0.524. The molecule has 0 saturated carbocycles. The largest absolute Gasteiger partial charge is 0.468 e. The maximum atomic E-state index is 12.6. The summed E-state index contributed by atoms with van der Waals surface area (Å²) in [4.78, 5) is 27.1. The Hall–Kier alpha value is -3.15. The first kappa shape index (κ1) is 24.5. The number of hydrogen-bond acceptors (Lipinski definition) is 8. The second-order valence-electron chi connectivity index (χ2n) is 8.63. The van der Waals surface area contributed by atoms with Gasteiger partial charge in [-0.05, 0) is 33.3 Å². The Labute approximate surface area is 189 Å². The molecule has 1 aliphatic rings. The highest BCUT2D eigenvalue weighted by Gasteiger charge is 2.34. The van der Waals surface area contributed by atoms with Crippen molar-refractivity contribution in [3.63, 3.8) is 0 Å². The van der Waals surface area contributed by atoms with Gasteiger partial charge in [0, 0.05) is 25.9 Å². The second-order valence-corrected chi connectivity index (χ2v) is 8.63. The van der Waals surface area contributed by atoms with Crippen LogP contribution >= 0.6 is 0 Å². The Kier molecular flexibility index (Phi) is 6.96. The van der Waals surface area contributed by atoms with Gasteiger partial charge in [-0.25, -0.2) is 9.97 Å². The molecule has 33 heavy (non-hydrogen) atoms. The van der Waals surface area contributed by atoms with Crippen LogP contribution in [0.3, 0.4) is 0 Å². The number of carbonyl (C=O) groups is 1. The Morgan fingerprint density at radius 3 is 2.55 bits per heavy atom. The summed E-state index contributed by atoms with van der Waals surface area (Å²) >= 11 is 0. The number of anilines is 3. The van der Waals surface area contributed by atoms with E-state index in [-0.39, 0.29) is 24.9 Å². The standard InChI is InChI=1S/C21H27F3N6O3/c1-12-16-17(30(5)14(18(31)28-16)10-33-20(2,3)4)29-19(27-12)26-9-13-6-7-15(25-8-13)32-11-21(22,23)24/h6-8,14H,9-11H2,1-5H3,(H,28,31)(H,26,27,29)/t14-/m0/s1. The number of ether oxygens (including phenoxy) is 2. The predicted octanol–water partition coefficient (Wildman–Crippen LogP) is 3.31. The van der Waals surface area contributed by atoms with Crippen molar-refractivity contribution in [1.82, 2.24) is 15.0 Å². The third-order valence-electron chi connectivity index (χ3n) is 4.73. The van der Waals surface area contributed by atoms with Crippen molar-refractivity contribution in [1.29, 1.82) is 0 Å². The maximum Gasteiger partial charge on any atom is 0.422 e. The van der Waals surface area contributed by atoms with E-state index in [9.17, 15) is 18.0 Å². The molecule has 0 saturated heterocycles. The van der Waals surface area contributed by atoms with Crippen molar-refractivity contribution in [3.8, 4) is 5.88 Å². The van der Waals surface area contributed by atoms with Gasteiger partial charge in [0.25, 0.3) is 0 Å². The number of rotatable bonds is 7. The average molecular weight is 468 g/mol. The van der Waals surface area contributed by atoms with Crippen LogP contribution in [0.4, 0.5) is 30.6 Å². The maximum absolute atomic E-state index is 12.6. The van der Waals surface area contributed by atoms with E-state index < -0.39 is 24.4 Å². The van der Waals surface area contributed by atoms with Crippen LogP contribution in [-0.2, 0) is 16.1 Å². The Bertz CT molecular complexity index is 992. The molecule has 2 aromatic rings. The number of amides is 1. The SMILES string of the molecule is Cc1nc(NCc2ccc(OCC(F)(F)F)nc2)nc2c1NC(=O)[C@H](COC(C)(C)C)N2C. The molecular weight excluding hydrogens is 441 g/mol. The smallest absolute Gasteiger partial charge is 0.422 e. The summed E-state index contributed by atoms with van der Waals surface area (Å²) in [5.41, 5.74) is 1.43. The van der Waals surface area contributed by atoms with Crippen molar-refractivity contribution in [2.75, 3.05) is 35.8 Å². The first-order valence-corrected chi connectivity index (χ1v) is 10.3. The number of carbonyl (C=O) groups excluding carboxylic acids is 1. The Morgan fingerprint density at radius 2 is 1.94 bits per heavy atom. The van der Waals surface area contributed by atoms with Gasteiger partial charge in [-0.1, -0.05) is 6.07 Å². The molecule has 2 aromatic heterocycles. The summed E-state index contributed by atoms with van der Waals surface area (Å²) in [7, 11) is 1.77. The molecule has 0 spiro atoms. The number of fused-ring (bicyclic) bond motifs is 1. The number of hydrogen-bond donors (Lipinski definition) is 2. The minimum atomic E-state index is -4.42. The van der Waals surface area contributed by atoms with Gasteiger partial charge in [0.2, 0.25) is 17.7 Å². The molecule has 0 aliphatic carbocycles. The zero-order valence-electron chi connectivity index (χ0n) is 19.1. The zero-order valence-corrected chi connectivity index (χ0v) is 19.1. The number of nitrogens with zero attached hydrogens (tertiary/aromatic N) is 4. The number of alkyl halides is 3. The summed E-state index contributed by atoms with van der Waals surface area (Å²) in [5.74, 6) is 0.585.